The van der Waals surface area contributed by atoms with Crippen molar-refractivity contribution in [2.45, 2.75) is 25.8 Å². The summed E-state index contributed by atoms with van der Waals surface area (Å²) >= 11 is 0. The second-order valence-corrected chi connectivity index (χ2v) is 6.81. The van der Waals surface area contributed by atoms with E-state index in [1.54, 1.807) is 0 Å². The Hall–Kier alpha value is -2.39. The van der Waals surface area contributed by atoms with E-state index < -0.39 is 0 Å². The predicted molar refractivity (Wildman–Crippen MR) is 104 cm³/mol. The maximum absolute atomic E-state index is 11.5. The Morgan fingerprint density at radius 2 is 1.72 bits per heavy atom. The van der Waals surface area contributed by atoms with Crippen LogP contribution in [0.1, 0.15) is 30.4 Å². The number of carbonyl (C=O) groups excluding carboxylic acids is 1. The van der Waals surface area contributed by atoms with Gasteiger partial charge in [-0.25, -0.2) is 0 Å². The van der Waals surface area contributed by atoms with E-state index in [9.17, 15) is 4.79 Å². The number of likely N-dealkylation sites (tertiary alicyclic amines) is 1. The molecule has 0 unspecified atom stereocenters. The van der Waals surface area contributed by atoms with Crippen molar-refractivity contribution in [3.63, 3.8) is 0 Å². The third kappa shape index (κ3) is 4.80. The average Bonchev–Trinajstić information content (AvgIpc) is 2.66. The normalized spacial score (nSPS) is 16.7. The number of allylic oxidation sites excluding steroid dienone is 2. The largest absolute Gasteiger partial charge is 0.398 e. The van der Waals surface area contributed by atoms with Gasteiger partial charge in [0.2, 0.25) is 0 Å². The van der Waals surface area contributed by atoms with Gasteiger partial charge in [-0.2, -0.15) is 0 Å². The van der Waals surface area contributed by atoms with Gasteiger partial charge in [0.1, 0.15) is 6.29 Å². The minimum atomic E-state index is 0.645. The van der Waals surface area contributed by atoms with Crippen LogP contribution in [-0.2, 0) is 11.3 Å². The second-order valence-electron chi connectivity index (χ2n) is 6.81. The Morgan fingerprint density at radius 3 is 2.40 bits per heavy atom. The highest BCUT2D eigenvalue weighted by Crippen LogP contribution is 2.25. The van der Waals surface area contributed by atoms with Gasteiger partial charge in [0.15, 0.2) is 0 Å². The Labute approximate surface area is 150 Å². The van der Waals surface area contributed by atoms with E-state index in [4.69, 9.17) is 5.73 Å². The van der Waals surface area contributed by atoms with Crippen molar-refractivity contribution >= 4 is 17.5 Å². The van der Waals surface area contributed by atoms with E-state index in [0.717, 1.165) is 37.9 Å². The second kappa shape index (κ2) is 8.63. The molecule has 0 saturated carbocycles. The zero-order valence-corrected chi connectivity index (χ0v) is 14.6. The molecule has 1 heterocycles. The molecule has 1 aliphatic rings. The molecule has 3 rings (SSSR count). The molecule has 0 radical (unpaired) electrons. The zero-order valence-electron chi connectivity index (χ0n) is 14.6. The van der Waals surface area contributed by atoms with Crippen molar-refractivity contribution in [2.24, 2.45) is 5.92 Å². The number of aldehydes is 1. The summed E-state index contributed by atoms with van der Waals surface area (Å²) in [4.78, 5) is 14.0. The van der Waals surface area contributed by atoms with Crippen LogP contribution in [0, 0.1) is 5.92 Å². The Kier molecular flexibility index (Phi) is 6.02. The fraction of sp³-hybridized carbons (Fsp3) is 0.318. The van der Waals surface area contributed by atoms with Crippen LogP contribution in [0.15, 0.2) is 60.7 Å². The summed E-state index contributed by atoms with van der Waals surface area (Å²) < 4.78 is 0. The molecule has 3 nitrogen and oxygen atoms in total. The number of nitrogen functional groups attached to an aromatic ring is 1. The molecule has 3 heteroatoms. The van der Waals surface area contributed by atoms with Crippen molar-refractivity contribution in [1.29, 1.82) is 0 Å². The minimum absolute atomic E-state index is 0.645. The van der Waals surface area contributed by atoms with Crippen LogP contribution in [0.3, 0.4) is 0 Å². The lowest BCUT2D eigenvalue weighted by atomic mass is 9.91. The Bertz CT molecular complexity index is 716. The van der Waals surface area contributed by atoms with Crippen LogP contribution >= 0.6 is 0 Å². The smallest absolute Gasteiger partial charge is 0.150 e. The summed E-state index contributed by atoms with van der Waals surface area (Å²) in [5.41, 5.74) is 9.59. The fourth-order valence-electron chi connectivity index (χ4n) is 3.50. The lowest BCUT2D eigenvalue weighted by molar-refractivity contribution is -0.103. The monoisotopic (exact) mass is 334 g/mol. The molecule has 0 aromatic heterocycles. The molecular weight excluding hydrogens is 308 g/mol. The molecule has 2 N–H and O–H groups in total. The Morgan fingerprint density at radius 1 is 1.04 bits per heavy atom. The van der Waals surface area contributed by atoms with E-state index in [1.807, 2.05) is 24.3 Å². The zero-order chi connectivity index (χ0) is 17.5. The van der Waals surface area contributed by atoms with Crippen molar-refractivity contribution in [3.8, 4) is 0 Å². The number of carbonyl (C=O) groups is 1. The van der Waals surface area contributed by atoms with Crippen molar-refractivity contribution in [1.82, 2.24) is 4.90 Å². The lowest BCUT2D eigenvalue weighted by Crippen LogP contribution is -2.33. The van der Waals surface area contributed by atoms with Crippen LogP contribution in [0.25, 0.3) is 5.57 Å². The molecule has 0 atom stereocenters. The summed E-state index contributed by atoms with van der Waals surface area (Å²) in [6.45, 7) is 3.28. The summed E-state index contributed by atoms with van der Waals surface area (Å²) in [6.07, 6.45) is 6.30. The number of benzene rings is 2. The number of para-hydroxylation sites is 1. The topological polar surface area (TPSA) is 46.3 Å². The van der Waals surface area contributed by atoms with Gasteiger partial charge in [-0.15, -0.1) is 0 Å². The summed E-state index contributed by atoms with van der Waals surface area (Å²) in [5.74, 6) is 0.645. The fourth-order valence-corrected chi connectivity index (χ4v) is 3.50. The molecule has 1 saturated heterocycles. The van der Waals surface area contributed by atoms with E-state index in [-0.39, 0.29) is 0 Å². The quantitative estimate of drug-likeness (QED) is 0.490. The van der Waals surface area contributed by atoms with Gasteiger partial charge in [-0.3, -0.25) is 9.69 Å². The number of nitrogens with zero attached hydrogens (tertiary/aromatic N) is 1. The van der Waals surface area contributed by atoms with E-state index >= 15 is 0 Å². The number of anilines is 1. The van der Waals surface area contributed by atoms with Gasteiger partial charge in [-0.05, 0) is 49.9 Å². The van der Waals surface area contributed by atoms with E-state index in [0.29, 0.717) is 17.2 Å². The minimum Gasteiger partial charge on any atom is -0.398 e. The van der Waals surface area contributed by atoms with Crippen LogP contribution in [0.5, 0.6) is 0 Å². The van der Waals surface area contributed by atoms with Crippen LogP contribution < -0.4 is 5.73 Å². The first-order chi connectivity index (χ1) is 12.3. The van der Waals surface area contributed by atoms with Crippen molar-refractivity contribution in [3.05, 3.63) is 71.8 Å². The summed E-state index contributed by atoms with van der Waals surface area (Å²) in [5, 5.41) is 0. The number of piperidine rings is 1. The number of rotatable bonds is 6. The molecule has 1 aliphatic heterocycles. The van der Waals surface area contributed by atoms with E-state index in [1.165, 1.54) is 18.4 Å². The van der Waals surface area contributed by atoms with E-state index in [2.05, 4.69) is 41.3 Å². The van der Waals surface area contributed by atoms with Crippen molar-refractivity contribution < 1.29 is 4.79 Å². The maximum Gasteiger partial charge on any atom is 0.150 e. The van der Waals surface area contributed by atoms with Gasteiger partial charge in [0.25, 0.3) is 0 Å². The SMILES string of the molecule is Nc1ccccc1C(C=O)=CCC1CCN(Cc2ccccc2)CC1. The highest BCUT2D eigenvalue weighted by Gasteiger charge is 2.18. The Balaban J connectivity index is 1.53. The highest BCUT2D eigenvalue weighted by atomic mass is 16.1. The van der Waals surface area contributed by atoms with Gasteiger partial charge in [0.05, 0.1) is 0 Å². The molecule has 2 aromatic rings. The third-order valence-corrected chi connectivity index (χ3v) is 5.03. The molecule has 0 spiro atoms. The molecule has 2 aromatic carbocycles. The first kappa shape index (κ1) is 17.4. The standard InChI is InChI=1S/C22H26N2O/c23-22-9-5-4-8-21(22)20(17-25)11-10-18-12-14-24(15-13-18)16-19-6-2-1-3-7-19/h1-9,11,17-18H,10,12-16,23H2. The number of hydrogen-bond donors (Lipinski definition) is 1. The molecular formula is C22H26N2O. The van der Waals surface area contributed by atoms with Gasteiger partial charge in [0, 0.05) is 23.4 Å². The molecule has 0 amide bonds. The first-order valence-electron chi connectivity index (χ1n) is 9.02. The lowest BCUT2D eigenvalue weighted by Gasteiger charge is -2.31. The summed E-state index contributed by atoms with van der Waals surface area (Å²) in [6, 6.07) is 18.2. The first-order valence-corrected chi connectivity index (χ1v) is 9.02. The highest BCUT2D eigenvalue weighted by molar-refractivity contribution is 6.08. The predicted octanol–water partition coefficient (Wildman–Crippen LogP) is 4.15. The van der Waals surface area contributed by atoms with Crippen LogP contribution in [-0.4, -0.2) is 24.3 Å². The molecule has 25 heavy (non-hydrogen) atoms. The number of hydrogen-bond acceptors (Lipinski definition) is 3. The van der Waals surface area contributed by atoms with Gasteiger partial charge < -0.3 is 5.73 Å². The molecule has 0 bridgehead atoms. The molecule has 130 valence electrons. The maximum atomic E-state index is 11.5. The molecule has 1 fully saturated rings. The third-order valence-electron chi connectivity index (χ3n) is 5.03. The average molecular weight is 334 g/mol. The van der Waals surface area contributed by atoms with Gasteiger partial charge >= 0.3 is 0 Å². The van der Waals surface area contributed by atoms with Gasteiger partial charge in [-0.1, -0.05) is 54.6 Å². The van der Waals surface area contributed by atoms with Crippen LogP contribution in [0.2, 0.25) is 0 Å². The number of nitrogens with two attached hydrogens (primary N) is 1. The van der Waals surface area contributed by atoms with Crippen molar-refractivity contribution in [2.75, 3.05) is 18.8 Å². The van der Waals surface area contributed by atoms with Crippen LogP contribution in [0.4, 0.5) is 5.69 Å². The molecule has 0 aliphatic carbocycles. The summed E-state index contributed by atoms with van der Waals surface area (Å²) in [7, 11) is 0.